The van der Waals surface area contributed by atoms with Crippen LogP contribution >= 0.6 is 0 Å². The van der Waals surface area contributed by atoms with Gasteiger partial charge in [-0.2, -0.15) is 0 Å². The second-order valence-corrected chi connectivity index (χ2v) is 8.06. The molecule has 3 saturated heterocycles. The van der Waals surface area contributed by atoms with Crippen LogP contribution in [0.3, 0.4) is 0 Å². The Balaban J connectivity index is 1.29. The molecule has 2 aromatic carbocycles. The minimum atomic E-state index is -0.330. The van der Waals surface area contributed by atoms with Crippen molar-refractivity contribution < 1.29 is 13.9 Å². The number of rotatable bonds is 5. The molecule has 3 aliphatic heterocycles. The lowest BCUT2D eigenvalue weighted by Gasteiger charge is -2.35. The van der Waals surface area contributed by atoms with Gasteiger partial charge in [-0.1, -0.05) is 24.3 Å². The zero-order valence-corrected chi connectivity index (χ0v) is 16.3. The zero-order chi connectivity index (χ0) is 20.0. The molecule has 0 radical (unpaired) electrons. The third-order valence-corrected chi connectivity index (χ3v) is 6.42. The van der Waals surface area contributed by atoms with E-state index in [1.54, 1.807) is 30.2 Å². The summed E-state index contributed by atoms with van der Waals surface area (Å²) in [6, 6.07) is 14.7. The number of hydrogen-bond donors (Lipinski definition) is 2. The van der Waals surface area contributed by atoms with Crippen molar-refractivity contribution >= 4 is 11.6 Å². The number of amides is 1. The number of nitrogens with one attached hydrogen (secondary N) is 2. The molecule has 6 nitrogen and oxygen atoms in total. The Morgan fingerprint density at radius 2 is 1.97 bits per heavy atom. The van der Waals surface area contributed by atoms with Crippen LogP contribution < -0.4 is 20.5 Å². The SMILES string of the molecule is COc1ccc(C2NNCC2CN2C[C@@H]3C[C@H]2C(=O)N3c2ccccc2F)cc1. The number of carbonyl (C=O) groups is 1. The van der Waals surface area contributed by atoms with Gasteiger partial charge in [0.05, 0.1) is 30.9 Å². The molecular weight excluding hydrogens is 371 g/mol. The summed E-state index contributed by atoms with van der Waals surface area (Å²) >= 11 is 0. The summed E-state index contributed by atoms with van der Waals surface area (Å²) in [6.07, 6.45) is 0.772. The van der Waals surface area contributed by atoms with E-state index in [0.29, 0.717) is 11.6 Å². The van der Waals surface area contributed by atoms with E-state index in [0.717, 1.165) is 31.8 Å². The quantitative estimate of drug-likeness (QED) is 0.811. The number of likely N-dealkylation sites (tertiary alicyclic amines) is 1. The lowest BCUT2D eigenvalue weighted by molar-refractivity contribution is -0.122. The van der Waals surface area contributed by atoms with Crippen molar-refractivity contribution in [1.82, 2.24) is 15.8 Å². The van der Waals surface area contributed by atoms with Crippen LogP contribution in [0.1, 0.15) is 18.0 Å². The summed E-state index contributed by atoms with van der Waals surface area (Å²) in [5, 5.41) is 0. The minimum absolute atomic E-state index is 0.0197. The molecular formula is C22H25FN4O2. The van der Waals surface area contributed by atoms with Crippen LogP contribution in [0.15, 0.2) is 48.5 Å². The van der Waals surface area contributed by atoms with Crippen LogP contribution in [0.2, 0.25) is 0 Å². The average Bonchev–Trinajstić information content (AvgIpc) is 3.44. The van der Waals surface area contributed by atoms with E-state index in [4.69, 9.17) is 4.74 Å². The van der Waals surface area contributed by atoms with Crippen LogP contribution in [-0.4, -0.2) is 49.6 Å². The first kappa shape index (κ1) is 18.5. The van der Waals surface area contributed by atoms with Crippen molar-refractivity contribution in [2.45, 2.75) is 24.5 Å². The second kappa shape index (κ2) is 7.40. The molecule has 5 rings (SSSR count). The number of methoxy groups -OCH3 is 1. The number of para-hydroxylation sites is 1. The molecule has 152 valence electrons. The number of nitrogens with zero attached hydrogens (tertiary/aromatic N) is 2. The van der Waals surface area contributed by atoms with Gasteiger partial charge in [0.2, 0.25) is 5.91 Å². The smallest absolute Gasteiger partial charge is 0.244 e. The second-order valence-electron chi connectivity index (χ2n) is 8.06. The van der Waals surface area contributed by atoms with Crippen molar-refractivity contribution in [3.8, 4) is 5.75 Å². The Bertz CT molecular complexity index is 906. The van der Waals surface area contributed by atoms with Crippen LogP contribution in [-0.2, 0) is 4.79 Å². The van der Waals surface area contributed by atoms with Gasteiger partial charge in [-0.25, -0.2) is 9.82 Å². The van der Waals surface area contributed by atoms with Crippen molar-refractivity contribution in [3.05, 3.63) is 59.9 Å². The number of benzene rings is 2. The highest BCUT2D eigenvalue weighted by Gasteiger charge is 2.51. The molecule has 7 heteroatoms. The molecule has 0 aliphatic carbocycles. The largest absolute Gasteiger partial charge is 0.497 e. The lowest BCUT2D eigenvalue weighted by Crippen LogP contribution is -2.52. The highest BCUT2D eigenvalue weighted by molar-refractivity contribution is 6.01. The maximum absolute atomic E-state index is 14.2. The van der Waals surface area contributed by atoms with Gasteiger partial charge in [0.1, 0.15) is 11.6 Å². The van der Waals surface area contributed by atoms with Gasteiger partial charge >= 0.3 is 0 Å². The molecule has 29 heavy (non-hydrogen) atoms. The molecule has 3 fully saturated rings. The molecule has 2 unspecified atom stereocenters. The van der Waals surface area contributed by atoms with Crippen LogP contribution in [0.4, 0.5) is 10.1 Å². The fourth-order valence-electron chi connectivity index (χ4n) is 5.00. The number of piperazine rings is 1. The molecule has 0 spiro atoms. The van der Waals surface area contributed by atoms with Gasteiger partial charge in [0, 0.05) is 25.6 Å². The Morgan fingerprint density at radius 1 is 1.17 bits per heavy atom. The predicted octanol–water partition coefficient (Wildman–Crippen LogP) is 2.09. The summed E-state index contributed by atoms with van der Waals surface area (Å²) in [7, 11) is 1.66. The number of anilines is 1. The standard InChI is InChI=1S/C22H25FN4O2/c1-29-17-8-6-14(7-9-17)21-15(11-24-25-21)12-26-13-16-10-20(26)22(28)27(16)19-5-3-2-4-18(19)23/h2-9,15-16,20-21,24-25H,10-13H2,1H3/t15?,16-,20-,21?/m0/s1. The molecule has 0 aromatic heterocycles. The van der Waals surface area contributed by atoms with Gasteiger partial charge in [-0.3, -0.25) is 15.1 Å². The van der Waals surface area contributed by atoms with Gasteiger partial charge < -0.3 is 9.64 Å². The Labute approximate surface area is 169 Å². The topological polar surface area (TPSA) is 56.8 Å². The third kappa shape index (κ3) is 3.19. The van der Waals surface area contributed by atoms with Gasteiger partial charge in [0.15, 0.2) is 0 Å². The third-order valence-electron chi connectivity index (χ3n) is 6.42. The summed E-state index contributed by atoms with van der Waals surface area (Å²) in [5.74, 6) is 0.874. The maximum Gasteiger partial charge on any atom is 0.244 e. The molecule has 3 heterocycles. The number of hydrogen-bond acceptors (Lipinski definition) is 5. The van der Waals surface area contributed by atoms with Crippen molar-refractivity contribution in [1.29, 1.82) is 0 Å². The van der Waals surface area contributed by atoms with Crippen molar-refractivity contribution in [2.24, 2.45) is 5.92 Å². The average molecular weight is 396 g/mol. The summed E-state index contributed by atoms with van der Waals surface area (Å²) in [5.41, 5.74) is 8.24. The van der Waals surface area contributed by atoms with E-state index < -0.39 is 0 Å². The monoisotopic (exact) mass is 396 g/mol. The fraction of sp³-hybridized carbons (Fsp3) is 0.409. The minimum Gasteiger partial charge on any atom is -0.497 e. The van der Waals surface area contributed by atoms with Crippen molar-refractivity contribution in [3.63, 3.8) is 0 Å². The Morgan fingerprint density at radius 3 is 2.69 bits per heavy atom. The van der Waals surface area contributed by atoms with E-state index in [9.17, 15) is 9.18 Å². The van der Waals surface area contributed by atoms with E-state index in [2.05, 4.69) is 27.9 Å². The molecule has 2 N–H and O–H groups in total. The number of halogens is 1. The van der Waals surface area contributed by atoms with Crippen LogP contribution in [0, 0.1) is 11.7 Å². The number of ether oxygens (including phenoxy) is 1. The summed E-state index contributed by atoms with van der Waals surface area (Å²) < 4.78 is 19.5. The van der Waals surface area contributed by atoms with E-state index in [1.807, 2.05) is 12.1 Å². The van der Waals surface area contributed by atoms with Crippen LogP contribution in [0.25, 0.3) is 0 Å². The molecule has 2 bridgehead atoms. The first-order valence-electron chi connectivity index (χ1n) is 10.1. The van der Waals surface area contributed by atoms with Gasteiger partial charge in [-0.05, 0) is 36.2 Å². The maximum atomic E-state index is 14.2. The first-order valence-corrected chi connectivity index (χ1v) is 10.1. The molecule has 3 aliphatic rings. The van der Waals surface area contributed by atoms with Crippen molar-refractivity contribution in [2.75, 3.05) is 31.6 Å². The van der Waals surface area contributed by atoms with E-state index >= 15 is 0 Å². The molecule has 1 amide bonds. The van der Waals surface area contributed by atoms with E-state index in [-0.39, 0.29) is 29.8 Å². The molecule has 4 atom stereocenters. The number of fused-ring (bicyclic) bond motifs is 2. The number of hydrazine groups is 1. The number of carbonyl (C=O) groups excluding carboxylic acids is 1. The lowest BCUT2D eigenvalue weighted by atomic mass is 9.94. The van der Waals surface area contributed by atoms with Gasteiger partial charge in [-0.15, -0.1) is 0 Å². The Hall–Kier alpha value is -2.48. The summed E-state index contributed by atoms with van der Waals surface area (Å²) in [4.78, 5) is 16.9. The van der Waals surface area contributed by atoms with Gasteiger partial charge in [0.25, 0.3) is 0 Å². The zero-order valence-electron chi connectivity index (χ0n) is 16.3. The fourth-order valence-corrected chi connectivity index (χ4v) is 5.00. The van der Waals surface area contributed by atoms with Crippen LogP contribution in [0.5, 0.6) is 5.75 Å². The highest BCUT2D eigenvalue weighted by atomic mass is 19.1. The molecule has 2 aromatic rings. The normalized spacial score (nSPS) is 29.0. The van der Waals surface area contributed by atoms with E-state index in [1.165, 1.54) is 11.6 Å². The molecule has 0 saturated carbocycles. The predicted molar refractivity (Wildman–Crippen MR) is 108 cm³/mol. The first-order chi connectivity index (χ1) is 14.2. The Kier molecular flexibility index (Phi) is 4.73. The summed E-state index contributed by atoms with van der Waals surface area (Å²) in [6.45, 7) is 2.46. The highest BCUT2D eigenvalue weighted by Crippen LogP contribution is 2.38.